The average molecular weight is 490 g/mol. The van der Waals surface area contributed by atoms with Crippen molar-refractivity contribution < 1.29 is 19.1 Å². The van der Waals surface area contributed by atoms with Gasteiger partial charge in [-0.1, -0.05) is 58.5 Å². The molecule has 0 aromatic heterocycles. The largest absolute Gasteiger partial charge is 0.376 e. The summed E-state index contributed by atoms with van der Waals surface area (Å²) in [7, 11) is 0. The van der Waals surface area contributed by atoms with Crippen LogP contribution in [-0.4, -0.2) is 24.8 Å². The Hall–Kier alpha value is -1.14. The molecule has 2 aromatic carbocycles. The van der Waals surface area contributed by atoms with Crippen LogP contribution in [0.4, 0.5) is 0 Å². The summed E-state index contributed by atoms with van der Waals surface area (Å²) in [5.41, 5.74) is -0.785. The second-order valence-corrected chi connectivity index (χ2v) is 9.34. The van der Waals surface area contributed by atoms with Gasteiger partial charge in [-0.25, -0.2) is 0 Å². The van der Waals surface area contributed by atoms with Gasteiger partial charge in [-0.2, -0.15) is 0 Å². The number of ether oxygens (including phenoxy) is 2. The Labute approximate surface area is 195 Å². The van der Waals surface area contributed by atoms with Gasteiger partial charge in [0.2, 0.25) is 11.6 Å². The molecule has 0 spiro atoms. The van der Waals surface area contributed by atoms with E-state index in [9.17, 15) is 9.59 Å². The Morgan fingerprint density at radius 3 is 1.27 bits per heavy atom. The molecule has 0 radical (unpaired) electrons. The molecule has 0 unspecified atom stereocenters. The first-order valence-corrected chi connectivity index (χ1v) is 10.7. The molecule has 8 heteroatoms. The van der Waals surface area contributed by atoms with Gasteiger partial charge in [0.05, 0.1) is 37.3 Å². The third-order valence-corrected chi connectivity index (χ3v) is 7.24. The molecule has 2 aromatic rings. The molecule has 0 heterocycles. The zero-order chi connectivity index (χ0) is 22.1. The molecule has 0 bridgehead atoms. The Morgan fingerprint density at radius 1 is 0.667 bits per heavy atom. The van der Waals surface area contributed by atoms with Crippen molar-refractivity contribution in [2.45, 2.75) is 27.1 Å². The second-order valence-electron chi connectivity index (χ2n) is 7.71. The molecule has 3 rings (SSSR count). The molecular weight excluding hydrogens is 470 g/mol. The Morgan fingerprint density at radius 2 is 0.967 bits per heavy atom. The lowest BCUT2D eigenvalue weighted by molar-refractivity contribution is -0.184. The summed E-state index contributed by atoms with van der Waals surface area (Å²) in [6, 6.07) is 10.3. The van der Waals surface area contributed by atoms with Gasteiger partial charge in [-0.3, -0.25) is 9.59 Å². The maximum Gasteiger partial charge on any atom is 0.208 e. The van der Waals surface area contributed by atoms with E-state index < -0.39 is 22.4 Å². The number of Topliss-reactive ketones (excluding diaryl/α,β-unsaturated/α-hetero) is 2. The smallest absolute Gasteiger partial charge is 0.208 e. The Kier molecular flexibility index (Phi) is 7.18. The van der Waals surface area contributed by atoms with Crippen LogP contribution in [0.2, 0.25) is 20.1 Å². The van der Waals surface area contributed by atoms with Gasteiger partial charge in [-0.15, -0.1) is 0 Å². The third kappa shape index (κ3) is 4.14. The minimum Gasteiger partial charge on any atom is -0.376 e. The zero-order valence-electron chi connectivity index (χ0n) is 16.4. The molecular formula is C22H20Cl4O4. The number of ketones is 2. The molecule has 0 aliphatic heterocycles. The molecule has 0 N–H and O–H groups in total. The SMILES string of the molecule is C[C@]1(COCc2c(Cl)cccc2Cl)C(=O)C(=O)[C@@]1(C)COCc1c(Cl)cccc1Cl. The molecule has 1 aliphatic carbocycles. The molecule has 160 valence electrons. The van der Waals surface area contributed by atoms with Gasteiger partial charge < -0.3 is 9.47 Å². The summed E-state index contributed by atoms with van der Waals surface area (Å²) in [4.78, 5) is 24.9. The number of carbonyl (C=O) groups excluding carboxylic acids is 2. The average Bonchev–Trinajstić information content (AvgIpc) is 2.71. The maximum absolute atomic E-state index is 12.4. The van der Waals surface area contributed by atoms with E-state index in [1.165, 1.54) is 0 Å². The van der Waals surface area contributed by atoms with Crippen molar-refractivity contribution in [3.05, 3.63) is 67.6 Å². The lowest BCUT2D eigenvalue weighted by atomic mass is 9.50. The first kappa shape index (κ1) is 23.5. The van der Waals surface area contributed by atoms with Crippen LogP contribution in [-0.2, 0) is 32.3 Å². The summed E-state index contributed by atoms with van der Waals surface area (Å²) in [5, 5.41) is 1.91. The van der Waals surface area contributed by atoms with Gasteiger partial charge in [0, 0.05) is 31.2 Å². The molecule has 2 atom stereocenters. The van der Waals surface area contributed by atoms with E-state index in [-0.39, 0.29) is 26.4 Å². The lowest BCUT2D eigenvalue weighted by Gasteiger charge is -2.51. The summed E-state index contributed by atoms with van der Waals surface area (Å²) >= 11 is 24.6. The Balaban J connectivity index is 1.66. The van der Waals surface area contributed by atoms with E-state index in [0.717, 1.165) is 0 Å². The van der Waals surface area contributed by atoms with Gasteiger partial charge in [0.25, 0.3) is 0 Å². The highest BCUT2D eigenvalue weighted by Crippen LogP contribution is 2.51. The standard InChI is InChI=1S/C22H20Cl4O4/c1-21(11-29-9-13-15(23)5-3-6-16(13)24)19(27)20(28)22(21,2)12-30-10-14-17(25)7-4-8-18(14)26/h3-8H,9-12H2,1-2H3/t21-,22+. The minimum absolute atomic E-state index is 0.0336. The van der Waals surface area contributed by atoms with Crippen molar-refractivity contribution in [1.82, 2.24) is 0 Å². The van der Waals surface area contributed by atoms with Crippen molar-refractivity contribution in [2.24, 2.45) is 10.8 Å². The molecule has 0 amide bonds. The zero-order valence-corrected chi connectivity index (χ0v) is 19.5. The number of hydrogen-bond donors (Lipinski definition) is 0. The van der Waals surface area contributed by atoms with Crippen molar-refractivity contribution >= 4 is 58.0 Å². The van der Waals surface area contributed by atoms with Gasteiger partial charge in [0.1, 0.15) is 0 Å². The minimum atomic E-state index is -1.03. The summed E-state index contributed by atoms with van der Waals surface area (Å²) < 4.78 is 11.5. The maximum atomic E-state index is 12.4. The predicted molar refractivity (Wildman–Crippen MR) is 118 cm³/mol. The van der Waals surface area contributed by atoms with E-state index in [1.54, 1.807) is 50.2 Å². The molecule has 4 nitrogen and oxygen atoms in total. The highest BCUT2D eigenvalue weighted by atomic mass is 35.5. The van der Waals surface area contributed by atoms with Crippen molar-refractivity contribution in [2.75, 3.05) is 13.2 Å². The van der Waals surface area contributed by atoms with Crippen LogP contribution in [0.1, 0.15) is 25.0 Å². The van der Waals surface area contributed by atoms with Crippen molar-refractivity contribution in [3.63, 3.8) is 0 Å². The first-order chi connectivity index (χ1) is 14.1. The van der Waals surface area contributed by atoms with E-state index in [2.05, 4.69) is 0 Å². The van der Waals surface area contributed by atoms with Crippen LogP contribution in [0.15, 0.2) is 36.4 Å². The molecule has 0 saturated heterocycles. The van der Waals surface area contributed by atoms with Crippen LogP contribution < -0.4 is 0 Å². The molecule has 1 aliphatic rings. The Bertz CT molecular complexity index is 873. The fraction of sp³-hybridized carbons (Fsp3) is 0.364. The highest BCUT2D eigenvalue weighted by Gasteiger charge is 2.67. The summed E-state index contributed by atoms with van der Waals surface area (Å²) in [5.74, 6) is -0.954. The number of hydrogen-bond acceptors (Lipinski definition) is 4. The van der Waals surface area contributed by atoms with Crippen molar-refractivity contribution in [1.29, 1.82) is 0 Å². The van der Waals surface area contributed by atoms with Crippen molar-refractivity contribution in [3.8, 4) is 0 Å². The topological polar surface area (TPSA) is 52.6 Å². The van der Waals surface area contributed by atoms with E-state index in [0.29, 0.717) is 31.2 Å². The fourth-order valence-corrected chi connectivity index (χ4v) is 4.46. The number of carbonyl (C=O) groups is 2. The van der Waals surface area contributed by atoms with Gasteiger partial charge >= 0.3 is 0 Å². The number of halogens is 4. The quantitative estimate of drug-likeness (QED) is 0.414. The number of benzene rings is 2. The molecule has 1 fully saturated rings. The monoisotopic (exact) mass is 488 g/mol. The summed E-state index contributed by atoms with van der Waals surface area (Å²) in [6.07, 6.45) is 0. The predicted octanol–water partition coefficient (Wildman–Crippen LogP) is 6.20. The van der Waals surface area contributed by atoms with E-state index >= 15 is 0 Å². The molecule has 30 heavy (non-hydrogen) atoms. The van der Waals surface area contributed by atoms with Crippen LogP contribution in [0.5, 0.6) is 0 Å². The highest BCUT2D eigenvalue weighted by molar-refractivity contribution is 6.48. The second kappa shape index (κ2) is 9.15. The lowest BCUT2D eigenvalue weighted by Crippen LogP contribution is -2.68. The van der Waals surface area contributed by atoms with E-state index in [1.807, 2.05) is 0 Å². The van der Waals surface area contributed by atoms with Crippen LogP contribution >= 0.6 is 46.4 Å². The van der Waals surface area contributed by atoms with E-state index in [4.69, 9.17) is 55.9 Å². The normalized spacial score (nSPS) is 23.5. The van der Waals surface area contributed by atoms with Crippen LogP contribution in [0.3, 0.4) is 0 Å². The third-order valence-electron chi connectivity index (χ3n) is 5.82. The van der Waals surface area contributed by atoms with Gasteiger partial charge in [0.15, 0.2) is 0 Å². The van der Waals surface area contributed by atoms with Crippen LogP contribution in [0.25, 0.3) is 0 Å². The fourth-order valence-electron chi connectivity index (χ4n) is 3.44. The van der Waals surface area contributed by atoms with Gasteiger partial charge in [-0.05, 0) is 38.1 Å². The summed E-state index contributed by atoms with van der Waals surface area (Å²) in [6.45, 7) is 3.73. The van der Waals surface area contributed by atoms with Crippen LogP contribution in [0, 0.1) is 10.8 Å². The number of rotatable bonds is 8. The molecule has 1 saturated carbocycles. The first-order valence-electron chi connectivity index (χ1n) is 9.22.